The molecule has 2 N–H and O–H groups in total. The fourth-order valence-corrected chi connectivity index (χ4v) is 1.52. The summed E-state index contributed by atoms with van der Waals surface area (Å²) in [6, 6.07) is 3.46. The Morgan fingerprint density at radius 2 is 2.23 bits per heavy atom. The highest BCUT2D eigenvalue weighted by Gasteiger charge is 2.07. The van der Waals surface area contributed by atoms with Crippen molar-refractivity contribution in [2.24, 2.45) is 0 Å². The third kappa shape index (κ3) is 1.23. The van der Waals surface area contributed by atoms with Crippen LogP contribution in [0.5, 0.6) is 0 Å². The summed E-state index contributed by atoms with van der Waals surface area (Å²) in [5.41, 5.74) is 7.40. The van der Waals surface area contributed by atoms with Crippen molar-refractivity contribution < 1.29 is 9.21 Å². The molecule has 0 aliphatic heterocycles. The van der Waals surface area contributed by atoms with Crippen LogP contribution in [0.15, 0.2) is 27.3 Å². The number of furan rings is 1. The Morgan fingerprint density at radius 1 is 1.46 bits per heavy atom. The minimum atomic E-state index is 0.538. The van der Waals surface area contributed by atoms with Gasteiger partial charge in [0.25, 0.3) is 0 Å². The Morgan fingerprint density at radius 3 is 2.92 bits per heavy atom. The average molecular weight is 240 g/mol. The molecule has 0 spiro atoms. The van der Waals surface area contributed by atoms with Crippen molar-refractivity contribution in [2.75, 3.05) is 5.73 Å². The summed E-state index contributed by atoms with van der Waals surface area (Å²) in [5, 5.41) is 0.774. The largest absolute Gasteiger partial charge is 0.463 e. The summed E-state index contributed by atoms with van der Waals surface area (Å²) in [7, 11) is 0. The predicted octanol–water partition coefficient (Wildman–Crippen LogP) is 2.59. The van der Waals surface area contributed by atoms with Gasteiger partial charge in [0.1, 0.15) is 11.8 Å². The Labute approximate surface area is 82.6 Å². The van der Waals surface area contributed by atoms with Crippen LogP contribution in [0.3, 0.4) is 0 Å². The summed E-state index contributed by atoms with van der Waals surface area (Å²) in [5.74, 6) is 0. The molecular weight excluding hydrogens is 234 g/mol. The molecule has 13 heavy (non-hydrogen) atoms. The Hall–Kier alpha value is -1.29. The van der Waals surface area contributed by atoms with Crippen molar-refractivity contribution >= 4 is 38.9 Å². The Bertz CT molecular complexity index is 476. The summed E-state index contributed by atoms with van der Waals surface area (Å²) in [6.45, 7) is 0. The maximum absolute atomic E-state index is 10.6. The maximum atomic E-state index is 10.6. The third-order valence-electron chi connectivity index (χ3n) is 1.85. The molecule has 2 rings (SSSR count). The Kier molecular flexibility index (Phi) is 1.84. The number of aldehydes is 1. The van der Waals surface area contributed by atoms with Gasteiger partial charge in [-0.25, -0.2) is 0 Å². The number of hydrogen-bond donors (Lipinski definition) is 1. The van der Waals surface area contributed by atoms with Gasteiger partial charge in [-0.3, -0.25) is 4.79 Å². The molecule has 0 bridgehead atoms. The number of nitrogens with two attached hydrogens (primary N) is 1. The number of carbonyl (C=O) groups is 1. The molecule has 0 amide bonds. The van der Waals surface area contributed by atoms with Gasteiger partial charge in [-0.1, -0.05) is 0 Å². The first-order valence-corrected chi connectivity index (χ1v) is 4.43. The van der Waals surface area contributed by atoms with E-state index >= 15 is 0 Å². The zero-order valence-electron chi connectivity index (χ0n) is 6.58. The van der Waals surface area contributed by atoms with Gasteiger partial charge in [-0.15, -0.1) is 0 Å². The lowest BCUT2D eigenvalue weighted by molar-refractivity contribution is 0.112. The summed E-state index contributed by atoms with van der Waals surface area (Å²) in [4.78, 5) is 10.6. The van der Waals surface area contributed by atoms with Crippen molar-refractivity contribution in [2.45, 2.75) is 0 Å². The molecule has 0 fully saturated rings. The number of hydrogen-bond acceptors (Lipinski definition) is 3. The van der Waals surface area contributed by atoms with Crippen molar-refractivity contribution in [3.63, 3.8) is 0 Å². The number of benzene rings is 1. The number of nitrogen functional groups attached to an aromatic ring is 1. The van der Waals surface area contributed by atoms with Crippen LogP contribution < -0.4 is 5.73 Å². The minimum absolute atomic E-state index is 0.538. The van der Waals surface area contributed by atoms with Crippen LogP contribution in [0.4, 0.5) is 5.69 Å². The van der Waals surface area contributed by atoms with Crippen LogP contribution >= 0.6 is 15.9 Å². The average Bonchev–Trinajstić information content (AvgIpc) is 2.48. The summed E-state index contributed by atoms with van der Waals surface area (Å²) in [6.07, 6.45) is 2.18. The van der Waals surface area contributed by atoms with E-state index in [9.17, 15) is 4.79 Å². The normalized spacial score (nSPS) is 10.5. The van der Waals surface area contributed by atoms with Crippen LogP contribution in [-0.2, 0) is 0 Å². The van der Waals surface area contributed by atoms with E-state index in [0.29, 0.717) is 16.8 Å². The second-order valence-corrected chi connectivity index (χ2v) is 3.53. The number of halogens is 1. The minimum Gasteiger partial charge on any atom is -0.463 e. The fourth-order valence-electron chi connectivity index (χ4n) is 1.17. The first-order chi connectivity index (χ1) is 6.22. The van der Waals surface area contributed by atoms with Gasteiger partial charge in [-0.2, -0.15) is 0 Å². The van der Waals surface area contributed by atoms with Gasteiger partial charge >= 0.3 is 0 Å². The van der Waals surface area contributed by atoms with Crippen LogP contribution in [-0.4, -0.2) is 6.29 Å². The molecular formula is C9H6BrNO2. The highest BCUT2D eigenvalue weighted by molar-refractivity contribution is 9.10. The van der Waals surface area contributed by atoms with E-state index in [0.717, 1.165) is 16.1 Å². The highest BCUT2D eigenvalue weighted by atomic mass is 79.9. The molecule has 1 aromatic carbocycles. The van der Waals surface area contributed by atoms with Crippen molar-refractivity contribution in [1.82, 2.24) is 0 Å². The molecule has 0 aliphatic carbocycles. The topological polar surface area (TPSA) is 56.2 Å². The van der Waals surface area contributed by atoms with E-state index in [1.54, 1.807) is 12.1 Å². The lowest BCUT2D eigenvalue weighted by atomic mass is 10.2. The smallest absolute Gasteiger partial charge is 0.153 e. The van der Waals surface area contributed by atoms with Crippen LogP contribution in [0.1, 0.15) is 10.4 Å². The molecule has 0 saturated heterocycles. The van der Waals surface area contributed by atoms with Crippen LogP contribution in [0.2, 0.25) is 0 Å². The molecule has 0 atom stereocenters. The molecule has 0 unspecified atom stereocenters. The molecule has 0 aliphatic rings. The van der Waals surface area contributed by atoms with Crippen LogP contribution in [0.25, 0.3) is 11.0 Å². The van der Waals surface area contributed by atoms with Gasteiger partial charge in [-0.05, 0) is 22.0 Å². The van der Waals surface area contributed by atoms with E-state index in [4.69, 9.17) is 10.2 Å². The molecule has 1 aromatic heterocycles. The molecule has 3 nitrogen and oxygen atoms in total. The maximum Gasteiger partial charge on any atom is 0.153 e. The summed E-state index contributed by atoms with van der Waals surface area (Å²) >= 11 is 3.28. The summed E-state index contributed by atoms with van der Waals surface area (Å²) < 4.78 is 5.91. The predicted molar refractivity (Wildman–Crippen MR) is 53.7 cm³/mol. The molecule has 66 valence electrons. The number of carbonyl (C=O) groups excluding carboxylic acids is 1. The molecule has 4 heteroatoms. The molecule has 0 radical (unpaired) electrons. The zero-order chi connectivity index (χ0) is 9.42. The molecule has 1 heterocycles. The number of rotatable bonds is 1. The second-order valence-electron chi connectivity index (χ2n) is 2.68. The lowest BCUT2D eigenvalue weighted by Crippen LogP contribution is -1.85. The van der Waals surface area contributed by atoms with E-state index in [-0.39, 0.29) is 0 Å². The van der Waals surface area contributed by atoms with Gasteiger partial charge in [0.2, 0.25) is 0 Å². The van der Waals surface area contributed by atoms with Gasteiger partial charge in [0.15, 0.2) is 6.29 Å². The number of anilines is 1. The first kappa shape index (κ1) is 8.31. The van der Waals surface area contributed by atoms with Crippen LogP contribution in [0, 0.1) is 0 Å². The van der Waals surface area contributed by atoms with Gasteiger partial charge in [0.05, 0.1) is 5.56 Å². The molecule has 0 saturated carbocycles. The van der Waals surface area contributed by atoms with Crippen molar-refractivity contribution in [1.29, 1.82) is 0 Å². The van der Waals surface area contributed by atoms with E-state index < -0.39 is 0 Å². The highest BCUT2D eigenvalue weighted by Crippen LogP contribution is 2.28. The monoisotopic (exact) mass is 239 g/mol. The quantitative estimate of drug-likeness (QED) is 0.615. The standard InChI is InChI=1S/C9H6BrNO2/c10-7-1-6-5(3-12)4-13-9(6)2-8(7)11/h1-4H,11H2. The third-order valence-corrected chi connectivity index (χ3v) is 2.54. The Balaban J connectivity index is 2.84. The van der Waals surface area contributed by atoms with E-state index in [1.165, 1.54) is 6.26 Å². The van der Waals surface area contributed by atoms with Crippen molar-refractivity contribution in [3.05, 3.63) is 28.4 Å². The van der Waals surface area contributed by atoms with E-state index in [2.05, 4.69) is 15.9 Å². The zero-order valence-corrected chi connectivity index (χ0v) is 8.17. The number of fused-ring (bicyclic) bond motifs is 1. The second kappa shape index (κ2) is 2.88. The van der Waals surface area contributed by atoms with Gasteiger partial charge < -0.3 is 10.2 Å². The lowest BCUT2D eigenvalue weighted by Gasteiger charge is -1.96. The SMILES string of the molecule is Nc1cc2occ(C=O)c2cc1Br. The first-order valence-electron chi connectivity index (χ1n) is 3.64. The fraction of sp³-hybridized carbons (Fsp3) is 0. The molecule has 2 aromatic rings. The van der Waals surface area contributed by atoms with Gasteiger partial charge in [0, 0.05) is 21.6 Å². The van der Waals surface area contributed by atoms with E-state index in [1.807, 2.05) is 0 Å². The van der Waals surface area contributed by atoms with Crippen molar-refractivity contribution in [3.8, 4) is 0 Å².